The SMILES string of the molecule is CN(C)C(=O)C1CCN(c2cc(-c3ccccc3)nc3ncnn23)CC1. The maximum atomic E-state index is 12.2. The molecular weight excluding hydrogens is 328 g/mol. The summed E-state index contributed by atoms with van der Waals surface area (Å²) in [6, 6.07) is 12.1. The Hall–Kier alpha value is -2.96. The second-order valence-corrected chi connectivity index (χ2v) is 6.83. The van der Waals surface area contributed by atoms with Crippen LogP contribution in [-0.2, 0) is 4.79 Å². The fourth-order valence-corrected chi connectivity index (χ4v) is 3.50. The molecule has 0 atom stereocenters. The molecule has 3 heterocycles. The zero-order valence-corrected chi connectivity index (χ0v) is 15.0. The number of piperidine rings is 1. The fourth-order valence-electron chi connectivity index (χ4n) is 3.50. The molecule has 1 aliphatic rings. The van der Waals surface area contributed by atoms with Crippen LogP contribution in [0, 0.1) is 5.92 Å². The molecule has 0 saturated carbocycles. The standard InChI is InChI=1S/C19H22N6O/c1-23(2)18(26)15-8-10-24(11-9-15)17-12-16(14-6-4-3-5-7-14)22-19-20-13-21-25(17)19/h3-7,12-13,15H,8-11H2,1-2H3. The number of hydrogen-bond acceptors (Lipinski definition) is 5. The highest BCUT2D eigenvalue weighted by Crippen LogP contribution is 2.27. The second kappa shape index (κ2) is 6.74. The first-order valence-corrected chi connectivity index (χ1v) is 8.86. The van der Waals surface area contributed by atoms with Crippen LogP contribution in [0.1, 0.15) is 12.8 Å². The molecule has 1 aliphatic heterocycles. The van der Waals surface area contributed by atoms with Crippen molar-refractivity contribution in [3.63, 3.8) is 0 Å². The highest BCUT2D eigenvalue weighted by Gasteiger charge is 2.27. The summed E-state index contributed by atoms with van der Waals surface area (Å²) in [7, 11) is 3.64. The van der Waals surface area contributed by atoms with Gasteiger partial charge in [-0.1, -0.05) is 30.3 Å². The number of rotatable bonds is 3. The molecule has 1 amide bonds. The van der Waals surface area contributed by atoms with Crippen molar-refractivity contribution in [1.82, 2.24) is 24.5 Å². The highest BCUT2D eigenvalue weighted by atomic mass is 16.2. The van der Waals surface area contributed by atoms with E-state index in [4.69, 9.17) is 0 Å². The van der Waals surface area contributed by atoms with E-state index in [2.05, 4.69) is 26.0 Å². The molecule has 7 nitrogen and oxygen atoms in total. The molecule has 2 aromatic heterocycles. The van der Waals surface area contributed by atoms with Crippen LogP contribution in [0.25, 0.3) is 17.0 Å². The number of carbonyl (C=O) groups excluding carboxylic acids is 1. The summed E-state index contributed by atoms with van der Waals surface area (Å²) in [4.78, 5) is 25.1. The Bertz CT molecular complexity index is 912. The third-order valence-corrected chi connectivity index (χ3v) is 4.91. The third kappa shape index (κ3) is 3.00. The van der Waals surface area contributed by atoms with E-state index >= 15 is 0 Å². The first-order valence-electron chi connectivity index (χ1n) is 8.86. The van der Waals surface area contributed by atoms with Gasteiger partial charge in [0.2, 0.25) is 5.91 Å². The molecule has 0 bridgehead atoms. The summed E-state index contributed by atoms with van der Waals surface area (Å²) < 4.78 is 1.78. The second-order valence-electron chi connectivity index (χ2n) is 6.83. The van der Waals surface area contributed by atoms with Gasteiger partial charge in [-0.25, -0.2) is 4.98 Å². The molecule has 0 aliphatic carbocycles. The lowest BCUT2D eigenvalue weighted by Gasteiger charge is -2.33. The minimum atomic E-state index is 0.0999. The fraction of sp³-hybridized carbons (Fsp3) is 0.368. The van der Waals surface area contributed by atoms with Crippen molar-refractivity contribution in [2.45, 2.75) is 12.8 Å². The minimum Gasteiger partial charge on any atom is -0.356 e. The van der Waals surface area contributed by atoms with Gasteiger partial charge in [0.05, 0.1) is 5.69 Å². The molecule has 1 aromatic carbocycles. The van der Waals surface area contributed by atoms with Crippen LogP contribution in [0.3, 0.4) is 0 Å². The smallest absolute Gasteiger partial charge is 0.254 e. The molecule has 134 valence electrons. The van der Waals surface area contributed by atoms with Crippen molar-refractivity contribution in [3.05, 3.63) is 42.7 Å². The molecule has 0 radical (unpaired) electrons. The maximum absolute atomic E-state index is 12.2. The van der Waals surface area contributed by atoms with Gasteiger partial charge in [-0.05, 0) is 12.8 Å². The number of benzene rings is 1. The van der Waals surface area contributed by atoms with E-state index in [1.807, 2.05) is 44.4 Å². The quantitative estimate of drug-likeness (QED) is 0.724. The molecule has 0 unspecified atom stereocenters. The van der Waals surface area contributed by atoms with E-state index in [-0.39, 0.29) is 11.8 Å². The molecule has 0 N–H and O–H groups in total. The first-order chi connectivity index (χ1) is 12.6. The van der Waals surface area contributed by atoms with Crippen molar-refractivity contribution >= 4 is 17.5 Å². The van der Waals surface area contributed by atoms with Gasteiger partial charge in [0.1, 0.15) is 12.1 Å². The molecule has 3 aromatic rings. The molecule has 0 spiro atoms. The number of carbonyl (C=O) groups is 1. The number of hydrogen-bond donors (Lipinski definition) is 0. The van der Waals surface area contributed by atoms with Gasteiger partial charge < -0.3 is 9.80 Å². The highest BCUT2D eigenvalue weighted by molar-refractivity contribution is 5.78. The zero-order chi connectivity index (χ0) is 18.1. The lowest BCUT2D eigenvalue weighted by Crippen LogP contribution is -2.40. The summed E-state index contributed by atoms with van der Waals surface area (Å²) in [5, 5.41) is 4.34. The van der Waals surface area contributed by atoms with Crippen LogP contribution in [0.2, 0.25) is 0 Å². The molecule has 4 rings (SSSR count). The summed E-state index contributed by atoms with van der Waals surface area (Å²) in [6.07, 6.45) is 3.22. The van der Waals surface area contributed by atoms with Crippen LogP contribution in [0.5, 0.6) is 0 Å². The zero-order valence-electron chi connectivity index (χ0n) is 15.0. The first kappa shape index (κ1) is 16.5. The summed E-state index contributed by atoms with van der Waals surface area (Å²) in [5.41, 5.74) is 1.93. The Kier molecular flexibility index (Phi) is 4.28. The van der Waals surface area contributed by atoms with Crippen molar-refractivity contribution < 1.29 is 4.79 Å². The Morgan fingerprint density at radius 1 is 1.15 bits per heavy atom. The maximum Gasteiger partial charge on any atom is 0.254 e. The minimum absolute atomic E-state index is 0.0999. The average Bonchev–Trinajstić information content (AvgIpc) is 3.16. The largest absolute Gasteiger partial charge is 0.356 e. The Morgan fingerprint density at radius 3 is 2.58 bits per heavy atom. The van der Waals surface area contributed by atoms with E-state index in [1.54, 1.807) is 9.42 Å². The van der Waals surface area contributed by atoms with Crippen molar-refractivity contribution in [2.24, 2.45) is 5.92 Å². The molecular formula is C19H22N6O. The molecule has 26 heavy (non-hydrogen) atoms. The summed E-state index contributed by atoms with van der Waals surface area (Å²) >= 11 is 0. The number of nitrogens with zero attached hydrogens (tertiary/aromatic N) is 6. The predicted octanol–water partition coefficient (Wildman–Crippen LogP) is 2.10. The van der Waals surface area contributed by atoms with Gasteiger partial charge in [0.15, 0.2) is 0 Å². The Morgan fingerprint density at radius 2 is 1.88 bits per heavy atom. The third-order valence-electron chi connectivity index (χ3n) is 4.91. The van der Waals surface area contributed by atoms with Crippen molar-refractivity contribution in [1.29, 1.82) is 0 Å². The Labute approximate surface area is 152 Å². The van der Waals surface area contributed by atoms with Gasteiger partial charge in [0.25, 0.3) is 5.78 Å². The van der Waals surface area contributed by atoms with E-state index in [0.29, 0.717) is 5.78 Å². The summed E-state index contributed by atoms with van der Waals surface area (Å²) in [5.74, 6) is 1.88. The van der Waals surface area contributed by atoms with Crippen LogP contribution in [0.15, 0.2) is 42.7 Å². The predicted molar refractivity (Wildman–Crippen MR) is 99.8 cm³/mol. The van der Waals surface area contributed by atoms with E-state index in [0.717, 1.165) is 43.0 Å². The van der Waals surface area contributed by atoms with Gasteiger partial charge >= 0.3 is 0 Å². The lowest BCUT2D eigenvalue weighted by molar-refractivity contribution is -0.133. The van der Waals surface area contributed by atoms with Crippen LogP contribution < -0.4 is 4.90 Å². The normalized spacial score (nSPS) is 15.4. The van der Waals surface area contributed by atoms with E-state index < -0.39 is 0 Å². The van der Waals surface area contributed by atoms with Gasteiger partial charge in [-0.3, -0.25) is 4.79 Å². The number of amides is 1. The Balaban J connectivity index is 1.65. The number of aromatic nitrogens is 4. The number of anilines is 1. The average molecular weight is 350 g/mol. The van der Waals surface area contributed by atoms with E-state index in [9.17, 15) is 4.79 Å². The summed E-state index contributed by atoms with van der Waals surface area (Å²) in [6.45, 7) is 1.63. The monoisotopic (exact) mass is 350 g/mol. The van der Waals surface area contributed by atoms with Gasteiger partial charge in [0, 0.05) is 44.7 Å². The van der Waals surface area contributed by atoms with Crippen molar-refractivity contribution in [2.75, 3.05) is 32.1 Å². The lowest BCUT2D eigenvalue weighted by atomic mass is 9.95. The van der Waals surface area contributed by atoms with E-state index in [1.165, 1.54) is 6.33 Å². The molecule has 1 fully saturated rings. The van der Waals surface area contributed by atoms with Crippen LogP contribution in [-0.4, -0.2) is 57.6 Å². The molecule has 7 heteroatoms. The molecule has 1 saturated heterocycles. The van der Waals surface area contributed by atoms with Crippen LogP contribution in [0.4, 0.5) is 5.82 Å². The van der Waals surface area contributed by atoms with Gasteiger partial charge in [-0.2, -0.15) is 14.6 Å². The van der Waals surface area contributed by atoms with Gasteiger partial charge in [-0.15, -0.1) is 0 Å². The van der Waals surface area contributed by atoms with Crippen LogP contribution >= 0.6 is 0 Å². The van der Waals surface area contributed by atoms with Crippen molar-refractivity contribution in [3.8, 4) is 11.3 Å². The number of fused-ring (bicyclic) bond motifs is 1. The topological polar surface area (TPSA) is 66.6 Å².